The SMILES string of the molecule is C[S+]([O-])c1[c]c(Cl)cnc1. The minimum atomic E-state index is -1.04. The predicted molar refractivity (Wildman–Crippen MR) is 40.4 cm³/mol. The third-order valence-electron chi connectivity index (χ3n) is 0.932. The van der Waals surface area contributed by atoms with Crippen LogP contribution in [-0.4, -0.2) is 15.8 Å². The van der Waals surface area contributed by atoms with Crippen LogP contribution < -0.4 is 0 Å². The van der Waals surface area contributed by atoms with E-state index in [0.29, 0.717) is 9.92 Å². The van der Waals surface area contributed by atoms with Crippen molar-refractivity contribution in [2.45, 2.75) is 4.90 Å². The Hall–Kier alpha value is -0.250. The summed E-state index contributed by atoms with van der Waals surface area (Å²) in [5.74, 6) is 0. The minimum Gasteiger partial charge on any atom is -0.612 e. The number of aromatic nitrogens is 1. The molecule has 10 heavy (non-hydrogen) atoms. The van der Waals surface area contributed by atoms with E-state index in [0.717, 1.165) is 0 Å². The zero-order chi connectivity index (χ0) is 7.56. The van der Waals surface area contributed by atoms with Crippen LogP contribution in [-0.2, 0) is 11.2 Å². The molecule has 1 heterocycles. The van der Waals surface area contributed by atoms with Crippen molar-refractivity contribution in [2.24, 2.45) is 0 Å². The van der Waals surface area contributed by atoms with E-state index in [4.69, 9.17) is 11.6 Å². The van der Waals surface area contributed by atoms with Gasteiger partial charge >= 0.3 is 0 Å². The molecule has 0 bridgehead atoms. The van der Waals surface area contributed by atoms with Crippen LogP contribution in [0.5, 0.6) is 0 Å². The molecule has 0 saturated heterocycles. The van der Waals surface area contributed by atoms with Crippen molar-refractivity contribution in [3.8, 4) is 0 Å². The fourth-order valence-electron chi connectivity index (χ4n) is 0.499. The molecule has 53 valence electrons. The van der Waals surface area contributed by atoms with Crippen molar-refractivity contribution in [1.82, 2.24) is 4.98 Å². The van der Waals surface area contributed by atoms with Gasteiger partial charge in [0.05, 0.1) is 17.3 Å². The van der Waals surface area contributed by atoms with Gasteiger partial charge in [0.1, 0.15) is 6.26 Å². The Morgan fingerprint density at radius 2 is 2.40 bits per heavy atom. The van der Waals surface area contributed by atoms with Gasteiger partial charge in [-0.25, -0.2) is 0 Å². The molecule has 0 amide bonds. The maximum Gasteiger partial charge on any atom is 0.180 e. The Morgan fingerprint density at radius 3 is 2.80 bits per heavy atom. The molecule has 1 radical (unpaired) electrons. The third-order valence-corrected chi connectivity index (χ3v) is 1.95. The van der Waals surface area contributed by atoms with Gasteiger partial charge in [-0.05, 0) is 11.2 Å². The second-order valence-electron chi connectivity index (χ2n) is 1.70. The summed E-state index contributed by atoms with van der Waals surface area (Å²) in [7, 11) is 0. The van der Waals surface area contributed by atoms with Crippen LogP contribution in [0, 0.1) is 6.07 Å². The fraction of sp³-hybridized carbons (Fsp3) is 0.167. The van der Waals surface area contributed by atoms with E-state index in [9.17, 15) is 4.55 Å². The Bertz CT molecular complexity index is 229. The van der Waals surface area contributed by atoms with Crippen molar-refractivity contribution in [1.29, 1.82) is 0 Å². The summed E-state index contributed by atoms with van der Waals surface area (Å²) >= 11 is 4.49. The van der Waals surface area contributed by atoms with Gasteiger partial charge in [0.15, 0.2) is 4.90 Å². The summed E-state index contributed by atoms with van der Waals surface area (Å²) < 4.78 is 10.8. The predicted octanol–water partition coefficient (Wildman–Crippen LogP) is 1.27. The normalized spacial score (nSPS) is 13.1. The molecule has 2 nitrogen and oxygen atoms in total. The molecule has 1 aromatic heterocycles. The zero-order valence-electron chi connectivity index (χ0n) is 5.30. The first kappa shape index (κ1) is 7.85. The van der Waals surface area contributed by atoms with Crippen LogP contribution >= 0.6 is 11.6 Å². The quantitative estimate of drug-likeness (QED) is 0.602. The Balaban J connectivity index is 2.96. The van der Waals surface area contributed by atoms with Crippen molar-refractivity contribution in [3.63, 3.8) is 0 Å². The Morgan fingerprint density at radius 1 is 1.70 bits per heavy atom. The first-order chi connectivity index (χ1) is 4.70. The lowest BCUT2D eigenvalue weighted by Crippen LogP contribution is -1.97. The van der Waals surface area contributed by atoms with E-state index >= 15 is 0 Å². The van der Waals surface area contributed by atoms with E-state index in [1.807, 2.05) is 0 Å². The van der Waals surface area contributed by atoms with E-state index in [-0.39, 0.29) is 0 Å². The molecule has 4 heteroatoms. The smallest absolute Gasteiger partial charge is 0.180 e. The van der Waals surface area contributed by atoms with Gasteiger partial charge in [0, 0.05) is 6.20 Å². The van der Waals surface area contributed by atoms with Crippen molar-refractivity contribution in [2.75, 3.05) is 6.26 Å². The van der Waals surface area contributed by atoms with Crippen molar-refractivity contribution < 1.29 is 4.55 Å². The first-order valence-electron chi connectivity index (χ1n) is 2.56. The van der Waals surface area contributed by atoms with Gasteiger partial charge in [-0.1, -0.05) is 11.6 Å². The van der Waals surface area contributed by atoms with Crippen LogP contribution in [0.3, 0.4) is 0 Å². The number of halogens is 1. The molecular formula is C6H5ClNOS. The van der Waals surface area contributed by atoms with Gasteiger partial charge in [0.25, 0.3) is 0 Å². The molecule has 0 aliphatic rings. The van der Waals surface area contributed by atoms with Crippen molar-refractivity contribution >= 4 is 22.8 Å². The van der Waals surface area contributed by atoms with Crippen LogP contribution in [0.25, 0.3) is 0 Å². The number of nitrogens with zero attached hydrogens (tertiary/aromatic N) is 1. The highest BCUT2D eigenvalue weighted by Crippen LogP contribution is 2.11. The number of pyridine rings is 1. The molecule has 0 N–H and O–H groups in total. The summed E-state index contributed by atoms with van der Waals surface area (Å²) in [6.45, 7) is 0. The van der Waals surface area contributed by atoms with Crippen molar-refractivity contribution in [3.05, 3.63) is 23.5 Å². The average Bonchev–Trinajstić information content (AvgIpc) is 1.88. The summed E-state index contributed by atoms with van der Waals surface area (Å²) in [6.07, 6.45) is 4.50. The number of rotatable bonds is 1. The lowest BCUT2D eigenvalue weighted by atomic mass is 10.5. The molecule has 1 rings (SSSR count). The largest absolute Gasteiger partial charge is 0.612 e. The van der Waals surface area contributed by atoms with Crippen LogP contribution in [0.4, 0.5) is 0 Å². The lowest BCUT2D eigenvalue weighted by molar-refractivity contribution is 0.600. The van der Waals surface area contributed by atoms with E-state index in [1.54, 1.807) is 6.26 Å². The average molecular weight is 175 g/mol. The molecular weight excluding hydrogens is 170 g/mol. The van der Waals surface area contributed by atoms with E-state index in [2.05, 4.69) is 11.1 Å². The molecule has 0 fully saturated rings. The summed E-state index contributed by atoms with van der Waals surface area (Å²) in [5, 5.41) is 0.396. The highest BCUT2D eigenvalue weighted by molar-refractivity contribution is 7.90. The Kier molecular flexibility index (Phi) is 2.54. The second kappa shape index (κ2) is 3.23. The fourth-order valence-corrected chi connectivity index (χ4v) is 1.18. The highest BCUT2D eigenvalue weighted by atomic mass is 35.5. The summed E-state index contributed by atoms with van der Waals surface area (Å²) in [5.41, 5.74) is 0. The van der Waals surface area contributed by atoms with Gasteiger partial charge in [-0.15, -0.1) is 0 Å². The summed E-state index contributed by atoms with van der Waals surface area (Å²) in [6, 6.07) is 2.71. The highest BCUT2D eigenvalue weighted by Gasteiger charge is 2.04. The third kappa shape index (κ3) is 1.87. The van der Waals surface area contributed by atoms with Gasteiger partial charge in [0.2, 0.25) is 0 Å². The molecule has 0 saturated carbocycles. The van der Waals surface area contributed by atoms with Crippen LogP contribution in [0.2, 0.25) is 5.02 Å². The second-order valence-corrected chi connectivity index (χ2v) is 3.45. The molecule has 0 aliphatic carbocycles. The molecule has 0 spiro atoms. The maximum atomic E-state index is 10.8. The summed E-state index contributed by atoms with van der Waals surface area (Å²) in [4.78, 5) is 4.28. The van der Waals surface area contributed by atoms with Gasteiger partial charge in [-0.3, -0.25) is 4.98 Å². The monoisotopic (exact) mass is 174 g/mol. The van der Waals surface area contributed by atoms with Gasteiger partial charge < -0.3 is 4.55 Å². The first-order valence-corrected chi connectivity index (χ1v) is 4.50. The molecule has 0 aromatic carbocycles. The standard InChI is InChI=1S/C6H5ClNOS/c1-10(9)6-2-5(7)3-8-4-6/h3-4H,1H3. The molecule has 0 aliphatic heterocycles. The Labute approximate surface area is 67.4 Å². The molecule has 1 aromatic rings. The topological polar surface area (TPSA) is 36.0 Å². The maximum absolute atomic E-state index is 10.8. The lowest BCUT2D eigenvalue weighted by Gasteiger charge is -2.01. The molecule has 1 unspecified atom stereocenters. The van der Waals surface area contributed by atoms with E-state index in [1.165, 1.54) is 12.4 Å². The van der Waals surface area contributed by atoms with Crippen LogP contribution in [0.15, 0.2) is 17.3 Å². The zero-order valence-corrected chi connectivity index (χ0v) is 6.87. The van der Waals surface area contributed by atoms with E-state index < -0.39 is 11.2 Å². The number of hydrogen-bond acceptors (Lipinski definition) is 2. The van der Waals surface area contributed by atoms with Crippen LogP contribution in [0.1, 0.15) is 0 Å². The minimum absolute atomic E-state index is 0.396. The number of hydrogen-bond donors (Lipinski definition) is 0. The van der Waals surface area contributed by atoms with Gasteiger partial charge in [-0.2, -0.15) is 0 Å². The molecule has 1 atom stereocenters.